The van der Waals surface area contributed by atoms with E-state index in [0.29, 0.717) is 6.04 Å². The second kappa shape index (κ2) is 4.18. The summed E-state index contributed by atoms with van der Waals surface area (Å²) in [5, 5.41) is 7.82. The van der Waals surface area contributed by atoms with Crippen LogP contribution in [0.5, 0.6) is 0 Å². The maximum atomic E-state index is 4.44. The number of benzene rings is 1. The minimum absolute atomic E-state index is 0.346. The van der Waals surface area contributed by atoms with Crippen molar-refractivity contribution < 1.29 is 0 Å². The predicted molar refractivity (Wildman–Crippen MR) is 72.4 cm³/mol. The van der Waals surface area contributed by atoms with Crippen molar-refractivity contribution in [2.24, 2.45) is 0 Å². The van der Waals surface area contributed by atoms with Crippen molar-refractivity contribution in [1.82, 2.24) is 9.78 Å². The van der Waals surface area contributed by atoms with E-state index in [0.717, 1.165) is 23.3 Å². The zero-order valence-corrected chi connectivity index (χ0v) is 11.2. The van der Waals surface area contributed by atoms with E-state index < -0.39 is 0 Å². The highest BCUT2D eigenvalue weighted by atomic mass is 79.9. The molecular weight excluding hydrogens is 278 g/mol. The molecule has 0 radical (unpaired) electrons. The first-order valence-electron chi connectivity index (χ1n) is 5.79. The first kappa shape index (κ1) is 10.8. The number of hydrogen-bond donors (Lipinski definition) is 1. The molecule has 1 aromatic heterocycles. The lowest BCUT2D eigenvalue weighted by Crippen LogP contribution is -2.24. The summed E-state index contributed by atoms with van der Waals surface area (Å²) in [5.41, 5.74) is 2.62. The molecule has 0 amide bonds. The zero-order chi connectivity index (χ0) is 11.8. The van der Waals surface area contributed by atoms with Gasteiger partial charge in [0.2, 0.25) is 0 Å². The zero-order valence-electron chi connectivity index (χ0n) is 9.65. The van der Waals surface area contributed by atoms with Gasteiger partial charge in [0, 0.05) is 6.54 Å². The van der Waals surface area contributed by atoms with E-state index in [2.05, 4.69) is 62.2 Å². The molecule has 2 heterocycles. The molecule has 1 aromatic carbocycles. The van der Waals surface area contributed by atoms with E-state index in [4.69, 9.17) is 0 Å². The molecule has 1 aliphatic rings. The number of fused-ring (bicyclic) bond motifs is 1. The average Bonchev–Trinajstić information content (AvgIpc) is 2.73. The van der Waals surface area contributed by atoms with Gasteiger partial charge >= 0.3 is 0 Å². The van der Waals surface area contributed by atoms with Crippen LogP contribution in [0.2, 0.25) is 0 Å². The number of halogens is 1. The van der Waals surface area contributed by atoms with Gasteiger partial charge in [0.1, 0.15) is 5.82 Å². The fraction of sp³-hybridized carbons (Fsp3) is 0.308. The maximum absolute atomic E-state index is 4.44. The number of nitrogens with one attached hydrogen (secondary N) is 1. The summed E-state index contributed by atoms with van der Waals surface area (Å²) in [6.07, 6.45) is 2.93. The predicted octanol–water partition coefficient (Wildman–Crippen LogP) is 3.36. The summed E-state index contributed by atoms with van der Waals surface area (Å²) < 4.78 is 3.10. The molecule has 17 heavy (non-hydrogen) atoms. The standard InChI is InChI=1S/C13H14BrN3/c1-9-2-4-10(5-3-9)12-6-7-15-13-11(14)8-16-17(12)13/h2-5,8,12,15H,6-7H2,1H3. The SMILES string of the molecule is Cc1ccc(C2CCNc3c(Br)cnn32)cc1. The van der Waals surface area contributed by atoms with Crippen LogP contribution in [0.25, 0.3) is 0 Å². The van der Waals surface area contributed by atoms with E-state index in [1.165, 1.54) is 11.1 Å². The Morgan fingerprint density at radius 3 is 2.88 bits per heavy atom. The topological polar surface area (TPSA) is 29.9 Å². The third kappa shape index (κ3) is 1.86. The summed E-state index contributed by atoms with van der Waals surface area (Å²) in [6, 6.07) is 9.07. The second-order valence-corrected chi connectivity index (χ2v) is 5.28. The monoisotopic (exact) mass is 291 g/mol. The average molecular weight is 292 g/mol. The number of aryl methyl sites for hydroxylation is 1. The fourth-order valence-electron chi connectivity index (χ4n) is 2.29. The highest BCUT2D eigenvalue weighted by Crippen LogP contribution is 2.33. The molecule has 0 saturated carbocycles. The van der Waals surface area contributed by atoms with E-state index in [1.54, 1.807) is 0 Å². The van der Waals surface area contributed by atoms with Crippen molar-refractivity contribution in [1.29, 1.82) is 0 Å². The van der Waals surface area contributed by atoms with Gasteiger partial charge in [-0.25, -0.2) is 4.68 Å². The molecule has 1 aliphatic heterocycles. The van der Waals surface area contributed by atoms with Gasteiger partial charge in [-0.2, -0.15) is 5.10 Å². The van der Waals surface area contributed by atoms with Gasteiger partial charge in [-0.05, 0) is 34.8 Å². The minimum atomic E-state index is 0.346. The number of nitrogens with zero attached hydrogens (tertiary/aromatic N) is 2. The lowest BCUT2D eigenvalue weighted by Gasteiger charge is -2.26. The van der Waals surface area contributed by atoms with Crippen molar-refractivity contribution in [3.63, 3.8) is 0 Å². The van der Waals surface area contributed by atoms with E-state index in [9.17, 15) is 0 Å². The van der Waals surface area contributed by atoms with Gasteiger partial charge in [0.25, 0.3) is 0 Å². The molecule has 1 unspecified atom stereocenters. The molecule has 88 valence electrons. The molecule has 3 nitrogen and oxygen atoms in total. The highest BCUT2D eigenvalue weighted by Gasteiger charge is 2.23. The van der Waals surface area contributed by atoms with Crippen molar-refractivity contribution in [3.8, 4) is 0 Å². The molecular formula is C13H14BrN3. The Kier molecular flexibility index (Phi) is 2.67. The summed E-state index contributed by atoms with van der Waals surface area (Å²) in [7, 11) is 0. The van der Waals surface area contributed by atoms with Crippen LogP contribution in [0.15, 0.2) is 34.9 Å². The molecule has 0 bridgehead atoms. The Bertz CT molecular complexity index is 530. The van der Waals surface area contributed by atoms with Crippen LogP contribution in [-0.2, 0) is 0 Å². The van der Waals surface area contributed by atoms with Crippen molar-refractivity contribution in [2.75, 3.05) is 11.9 Å². The van der Waals surface area contributed by atoms with Crippen molar-refractivity contribution >= 4 is 21.7 Å². The number of aromatic nitrogens is 2. The smallest absolute Gasteiger partial charge is 0.139 e. The molecule has 2 aromatic rings. The minimum Gasteiger partial charge on any atom is -0.369 e. The van der Waals surface area contributed by atoms with E-state index in [-0.39, 0.29) is 0 Å². The largest absolute Gasteiger partial charge is 0.369 e. The summed E-state index contributed by atoms with van der Waals surface area (Å²) in [5.74, 6) is 1.09. The first-order chi connectivity index (χ1) is 8.25. The van der Waals surface area contributed by atoms with Crippen LogP contribution in [0, 0.1) is 6.92 Å². The normalized spacial score (nSPS) is 18.6. The Balaban J connectivity index is 2.02. The number of rotatable bonds is 1. The van der Waals surface area contributed by atoms with Crippen LogP contribution in [0.4, 0.5) is 5.82 Å². The molecule has 0 spiro atoms. The lowest BCUT2D eigenvalue weighted by molar-refractivity contribution is 0.481. The summed E-state index contributed by atoms with van der Waals surface area (Å²) >= 11 is 3.52. The third-order valence-corrected chi connectivity index (χ3v) is 3.80. The highest BCUT2D eigenvalue weighted by molar-refractivity contribution is 9.10. The van der Waals surface area contributed by atoms with Gasteiger partial charge in [-0.1, -0.05) is 29.8 Å². The molecule has 1 atom stereocenters. The van der Waals surface area contributed by atoms with Crippen molar-refractivity contribution in [2.45, 2.75) is 19.4 Å². The molecule has 3 rings (SSSR count). The molecule has 0 fully saturated rings. The second-order valence-electron chi connectivity index (χ2n) is 4.43. The van der Waals surface area contributed by atoms with Gasteiger partial charge in [0.15, 0.2) is 0 Å². The number of hydrogen-bond acceptors (Lipinski definition) is 2. The maximum Gasteiger partial charge on any atom is 0.139 e. The van der Waals surface area contributed by atoms with Gasteiger partial charge in [-0.15, -0.1) is 0 Å². The Morgan fingerprint density at radius 2 is 2.12 bits per heavy atom. The molecule has 0 aliphatic carbocycles. The molecule has 1 N–H and O–H groups in total. The molecule has 4 heteroatoms. The Morgan fingerprint density at radius 1 is 1.35 bits per heavy atom. The van der Waals surface area contributed by atoms with Crippen LogP contribution in [-0.4, -0.2) is 16.3 Å². The van der Waals surface area contributed by atoms with Crippen LogP contribution in [0.3, 0.4) is 0 Å². The van der Waals surface area contributed by atoms with Gasteiger partial charge < -0.3 is 5.32 Å². The van der Waals surface area contributed by atoms with E-state index in [1.807, 2.05) is 6.20 Å². The quantitative estimate of drug-likeness (QED) is 0.873. The van der Waals surface area contributed by atoms with Crippen LogP contribution < -0.4 is 5.32 Å². The molecule has 0 saturated heterocycles. The lowest BCUT2D eigenvalue weighted by atomic mass is 10.0. The van der Waals surface area contributed by atoms with Gasteiger partial charge in [-0.3, -0.25) is 0 Å². The first-order valence-corrected chi connectivity index (χ1v) is 6.58. The summed E-state index contributed by atoms with van der Waals surface area (Å²) in [6.45, 7) is 3.10. The third-order valence-electron chi connectivity index (χ3n) is 3.22. The Labute approximate surface area is 109 Å². The van der Waals surface area contributed by atoms with Crippen LogP contribution in [0.1, 0.15) is 23.6 Å². The van der Waals surface area contributed by atoms with Crippen LogP contribution >= 0.6 is 15.9 Å². The Hall–Kier alpha value is -1.29. The fourth-order valence-corrected chi connectivity index (χ4v) is 2.70. The van der Waals surface area contributed by atoms with Crippen molar-refractivity contribution in [3.05, 3.63) is 46.1 Å². The number of anilines is 1. The van der Waals surface area contributed by atoms with Gasteiger partial charge in [0.05, 0.1) is 16.7 Å². The van der Waals surface area contributed by atoms with E-state index >= 15 is 0 Å². The summed E-state index contributed by atoms with van der Waals surface area (Å²) in [4.78, 5) is 0.